The van der Waals surface area contributed by atoms with Crippen molar-refractivity contribution in [2.24, 2.45) is 0 Å². The number of rotatable bonds is 5. The van der Waals surface area contributed by atoms with Crippen LogP contribution in [0.3, 0.4) is 0 Å². The van der Waals surface area contributed by atoms with Crippen molar-refractivity contribution in [1.29, 1.82) is 0 Å². The maximum atomic E-state index is 12.4. The van der Waals surface area contributed by atoms with Crippen molar-refractivity contribution in [1.82, 2.24) is 9.97 Å². The van der Waals surface area contributed by atoms with E-state index in [1.807, 2.05) is 6.92 Å². The van der Waals surface area contributed by atoms with Crippen molar-refractivity contribution in [3.63, 3.8) is 0 Å². The lowest BCUT2D eigenvalue weighted by molar-refractivity contribution is 0.340. The summed E-state index contributed by atoms with van der Waals surface area (Å²) in [5.41, 5.74) is 1.77. The second-order valence-electron chi connectivity index (χ2n) is 4.77. The average molecular weight is 329 g/mol. The van der Waals surface area contributed by atoms with E-state index in [1.165, 1.54) is 12.1 Å². The highest BCUT2D eigenvalue weighted by atomic mass is 32.2. The quantitative estimate of drug-likeness (QED) is 0.778. The monoisotopic (exact) mass is 329 g/mol. The predicted octanol–water partition coefficient (Wildman–Crippen LogP) is 2.83. The molecule has 1 aromatic heterocycles. The maximum Gasteiger partial charge on any atom is 0.261 e. The van der Waals surface area contributed by atoms with E-state index in [0.717, 1.165) is 0 Å². The third kappa shape index (κ3) is 3.40. The molecule has 6 nitrogen and oxygen atoms in total. The van der Waals surface area contributed by atoms with Crippen molar-refractivity contribution in [3.05, 3.63) is 54.9 Å². The average Bonchev–Trinajstić information content (AvgIpc) is 2.55. The molecule has 0 saturated carbocycles. The Balaban J connectivity index is 1.86. The molecule has 0 atom stereocenters. The van der Waals surface area contributed by atoms with Crippen LogP contribution in [0.2, 0.25) is 0 Å². The summed E-state index contributed by atoms with van der Waals surface area (Å²) in [5, 5.41) is 0. The van der Waals surface area contributed by atoms with E-state index < -0.39 is 10.0 Å². The zero-order chi connectivity index (χ0) is 16.3. The smallest absolute Gasteiger partial charge is 0.261 e. The van der Waals surface area contributed by atoms with Crippen LogP contribution in [0.4, 0.5) is 5.69 Å². The molecule has 23 heavy (non-hydrogen) atoms. The number of ether oxygens (including phenoxy) is 1. The fourth-order valence-corrected chi connectivity index (χ4v) is 3.17. The largest absolute Gasteiger partial charge is 0.494 e. The summed E-state index contributed by atoms with van der Waals surface area (Å²) in [6.07, 6.45) is 3.15. The topological polar surface area (TPSA) is 81.2 Å². The number of benzene rings is 2. The van der Waals surface area contributed by atoms with Gasteiger partial charge < -0.3 is 4.74 Å². The zero-order valence-electron chi connectivity index (χ0n) is 12.4. The van der Waals surface area contributed by atoms with Crippen LogP contribution >= 0.6 is 0 Å². The third-order valence-electron chi connectivity index (χ3n) is 3.17. The zero-order valence-corrected chi connectivity index (χ0v) is 13.2. The summed E-state index contributed by atoms with van der Waals surface area (Å²) in [5.74, 6) is 0.632. The van der Waals surface area contributed by atoms with E-state index in [2.05, 4.69) is 14.7 Å². The number of hydrogen-bond donors (Lipinski definition) is 1. The summed E-state index contributed by atoms with van der Waals surface area (Å²) >= 11 is 0. The molecule has 0 aliphatic carbocycles. The number of anilines is 1. The Kier molecular flexibility index (Phi) is 4.12. The molecule has 0 bridgehead atoms. The van der Waals surface area contributed by atoms with Gasteiger partial charge in [0, 0.05) is 12.4 Å². The van der Waals surface area contributed by atoms with E-state index in [0.29, 0.717) is 29.1 Å². The van der Waals surface area contributed by atoms with Gasteiger partial charge in [0.25, 0.3) is 10.0 Å². The van der Waals surface area contributed by atoms with E-state index >= 15 is 0 Å². The highest BCUT2D eigenvalue weighted by Crippen LogP contribution is 2.21. The van der Waals surface area contributed by atoms with Crippen LogP contribution in [0.25, 0.3) is 11.0 Å². The van der Waals surface area contributed by atoms with Gasteiger partial charge >= 0.3 is 0 Å². The molecular weight excluding hydrogens is 314 g/mol. The Morgan fingerprint density at radius 3 is 2.39 bits per heavy atom. The van der Waals surface area contributed by atoms with E-state index in [-0.39, 0.29) is 4.90 Å². The van der Waals surface area contributed by atoms with E-state index in [9.17, 15) is 8.42 Å². The Bertz CT molecular complexity index is 925. The van der Waals surface area contributed by atoms with Gasteiger partial charge in [0.1, 0.15) is 5.75 Å². The predicted molar refractivity (Wildman–Crippen MR) is 88.0 cm³/mol. The number of fused-ring (bicyclic) bond motifs is 1. The second-order valence-corrected chi connectivity index (χ2v) is 6.45. The first-order valence-electron chi connectivity index (χ1n) is 7.05. The molecule has 7 heteroatoms. The second kappa shape index (κ2) is 6.21. The molecule has 1 heterocycles. The Labute approximate surface area is 134 Å². The van der Waals surface area contributed by atoms with Crippen LogP contribution < -0.4 is 9.46 Å². The first-order valence-corrected chi connectivity index (χ1v) is 8.53. The van der Waals surface area contributed by atoms with Crippen LogP contribution in [0.1, 0.15) is 6.92 Å². The van der Waals surface area contributed by atoms with Gasteiger partial charge in [-0.05, 0) is 49.4 Å². The van der Waals surface area contributed by atoms with Crippen LogP contribution in [0, 0.1) is 0 Å². The van der Waals surface area contributed by atoms with Crippen LogP contribution in [0.5, 0.6) is 5.75 Å². The van der Waals surface area contributed by atoms with Crippen molar-refractivity contribution in [3.8, 4) is 5.75 Å². The lowest BCUT2D eigenvalue weighted by atomic mass is 10.3. The maximum absolute atomic E-state index is 12.4. The van der Waals surface area contributed by atoms with Crippen molar-refractivity contribution in [2.75, 3.05) is 11.3 Å². The minimum absolute atomic E-state index is 0.167. The van der Waals surface area contributed by atoms with Gasteiger partial charge in [0.15, 0.2) is 0 Å². The molecule has 3 rings (SSSR count). The summed E-state index contributed by atoms with van der Waals surface area (Å²) in [6.45, 7) is 2.40. The first kappa shape index (κ1) is 15.2. The molecule has 0 saturated heterocycles. The minimum Gasteiger partial charge on any atom is -0.494 e. The Morgan fingerprint density at radius 2 is 1.70 bits per heavy atom. The fraction of sp³-hybridized carbons (Fsp3) is 0.125. The summed E-state index contributed by atoms with van der Waals surface area (Å²) in [4.78, 5) is 8.48. The van der Waals surface area contributed by atoms with Crippen LogP contribution in [0.15, 0.2) is 59.8 Å². The minimum atomic E-state index is -3.67. The van der Waals surface area contributed by atoms with E-state index in [4.69, 9.17) is 4.74 Å². The molecule has 0 unspecified atom stereocenters. The lowest BCUT2D eigenvalue weighted by Crippen LogP contribution is -2.12. The molecule has 118 valence electrons. The lowest BCUT2D eigenvalue weighted by Gasteiger charge is -2.09. The summed E-state index contributed by atoms with van der Waals surface area (Å²) in [7, 11) is -3.67. The molecule has 3 aromatic rings. The molecule has 2 aromatic carbocycles. The third-order valence-corrected chi connectivity index (χ3v) is 4.56. The molecule has 0 aliphatic rings. The number of aromatic nitrogens is 2. The van der Waals surface area contributed by atoms with Crippen molar-refractivity contribution < 1.29 is 13.2 Å². The van der Waals surface area contributed by atoms with Crippen LogP contribution in [-0.4, -0.2) is 25.0 Å². The van der Waals surface area contributed by atoms with Gasteiger partial charge in [-0.1, -0.05) is 0 Å². The van der Waals surface area contributed by atoms with Gasteiger partial charge in [-0.3, -0.25) is 14.7 Å². The van der Waals surface area contributed by atoms with Gasteiger partial charge in [0.2, 0.25) is 0 Å². The van der Waals surface area contributed by atoms with Gasteiger partial charge in [-0.15, -0.1) is 0 Å². The first-order chi connectivity index (χ1) is 11.1. The molecular formula is C16H15N3O3S. The summed E-state index contributed by atoms with van der Waals surface area (Å²) in [6, 6.07) is 11.3. The molecule has 1 N–H and O–H groups in total. The van der Waals surface area contributed by atoms with Gasteiger partial charge in [-0.2, -0.15) is 0 Å². The molecule has 0 fully saturated rings. The summed E-state index contributed by atoms with van der Waals surface area (Å²) < 4.78 is 32.7. The number of hydrogen-bond acceptors (Lipinski definition) is 5. The molecule has 0 spiro atoms. The molecule has 0 radical (unpaired) electrons. The Morgan fingerprint density at radius 1 is 1.00 bits per heavy atom. The molecule has 0 aliphatic heterocycles. The molecule has 0 amide bonds. The normalized spacial score (nSPS) is 11.3. The van der Waals surface area contributed by atoms with E-state index in [1.54, 1.807) is 42.7 Å². The number of sulfonamides is 1. The van der Waals surface area contributed by atoms with Crippen molar-refractivity contribution >= 4 is 26.7 Å². The Hall–Kier alpha value is -2.67. The van der Waals surface area contributed by atoms with Crippen LogP contribution in [-0.2, 0) is 10.0 Å². The number of nitrogens with zero attached hydrogens (tertiary/aromatic N) is 2. The van der Waals surface area contributed by atoms with Gasteiger partial charge in [0.05, 0.1) is 28.2 Å². The highest BCUT2D eigenvalue weighted by molar-refractivity contribution is 7.92. The SMILES string of the molecule is CCOc1ccc(S(=O)(=O)Nc2ccc3nccnc3c2)cc1. The highest BCUT2D eigenvalue weighted by Gasteiger charge is 2.14. The fourth-order valence-electron chi connectivity index (χ4n) is 2.12. The van der Waals surface area contributed by atoms with Crippen molar-refractivity contribution in [2.45, 2.75) is 11.8 Å². The number of nitrogens with one attached hydrogen (secondary N) is 1. The van der Waals surface area contributed by atoms with Gasteiger partial charge in [-0.25, -0.2) is 8.42 Å². The standard InChI is InChI=1S/C16H15N3O3S/c1-2-22-13-4-6-14(7-5-13)23(20,21)19-12-3-8-15-16(11-12)18-10-9-17-15/h3-11,19H,2H2,1H3.